The number of phosphoric acid groups is 1. The van der Waals surface area contributed by atoms with E-state index in [4.69, 9.17) is 46.2 Å². The van der Waals surface area contributed by atoms with E-state index >= 15 is 0 Å². The van der Waals surface area contributed by atoms with Gasteiger partial charge in [-0.3, -0.25) is 14.1 Å². The number of aromatic hydroxyl groups is 1. The van der Waals surface area contributed by atoms with Crippen LogP contribution in [0.2, 0.25) is 0 Å². The third-order valence-corrected chi connectivity index (χ3v) is 4.27. The number of aldehydes is 1. The van der Waals surface area contributed by atoms with Gasteiger partial charge in [0.05, 0.1) is 12.6 Å². The number of carbonyl (C=O) groups excluding carboxylic acids is 2. The smallest absolute Gasteiger partial charge is 0.469 e. The summed E-state index contributed by atoms with van der Waals surface area (Å²) in [6.45, 7) is -1.41. The average Bonchev–Trinajstić information content (AvgIpc) is 2.75. The first-order chi connectivity index (χ1) is 15.2. The third-order valence-electron chi connectivity index (χ3n) is 3.79. The minimum Gasteiger partial charge on any atom is -0.508 e. The second-order valence-electron chi connectivity index (χ2n) is 6.55. The van der Waals surface area contributed by atoms with E-state index in [1.54, 1.807) is 12.1 Å². The van der Waals surface area contributed by atoms with E-state index in [9.17, 15) is 18.9 Å². The zero-order valence-corrected chi connectivity index (χ0v) is 17.9. The van der Waals surface area contributed by atoms with Crippen molar-refractivity contribution < 1.29 is 63.9 Å². The second-order valence-corrected chi connectivity index (χ2v) is 7.79. The van der Waals surface area contributed by atoms with Crippen LogP contribution in [0.1, 0.15) is 5.56 Å². The van der Waals surface area contributed by atoms with Crippen molar-refractivity contribution in [3.05, 3.63) is 29.8 Å². The number of amides is 1. The number of nitrogens with two attached hydrogens (primary N) is 1. The Morgan fingerprint density at radius 3 is 2.09 bits per heavy atom. The molecule has 1 amide bonds. The number of rotatable bonds is 12. The molecule has 0 aliphatic rings. The largest absolute Gasteiger partial charge is 0.508 e. The van der Waals surface area contributed by atoms with Gasteiger partial charge in [0.1, 0.15) is 36.7 Å². The molecule has 0 aliphatic heterocycles. The number of phenolic OH excluding ortho intramolecular Hbond substituents is 1. The highest BCUT2D eigenvalue weighted by molar-refractivity contribution is 7.46. The topological polar surface area (TPSA) is 277 Å². The van der Waals surface area contributed by atoms with Crippen LogP contribution in [-0.4, -0.2) is 102 Å². The molecule has 1 rings (SSSR count). The fourth-order valence-corrected chi connectivity index (χ4v) is 2.40. The molecular weight excluding hydrogens is 471 g/mol. The zero-order chi connectivity index (χ0) is 25.8. The summed E-state index contributed by atoms with van der Waals surface area (Å²) in [6, 6.07) is 5.49. The Morgan fingerprint density at radius 1 is 1.09 bits per heavy atom. The van der Waals surface area contributed by atoms with E-state index in [1.165, 1.54) is 12.1 Å². The Kier molecular flexibility index (Phi) is 13.5. The van der Waals surface area contributed by atoms with Crippen LogP contribution in [0.25, 0.3) is 0 Å². The molecule has 33 heavy (non-hydrogen) atoms. The first-order valence-electron chi connectivity index (χ1n) is 9.08. The quantitative estimate of drug-likeness (QED) is 0.0977. The molecule has 0 aliphatic carbocycles. The van der Waals surface area contributed by atoms with Gasteiger partial charge in [-0.1, -0.05) is 12.1 Å². The molecule has 0 saturated carbocycles. The van der Waals surface area contributed by atoms with Crippen molar-refractivity contribution in [2.45, 2.75) is 36.9 Å². The van der Waals surface area contributed by atoms with Gasteiger partial charge in [0.25, 0.3) is 0 Å². The Balaban J connectivity index is 0.000000622. The molecule has 11 N–H and O–H groups in total. The number of carboxylic acid groups (broad SMARTS) is 1. The van der Waals surface area contributed by atoms with E-state index in [0.29, 0.717) is 0 Å². The highest BCUT2D eigenvalue weighted by atomic mass is 31.2. The number of carboxylic acids is 1. The lowest BCUT2D eigenvalue weighted by molar-refractivity contribution is -0.138. The summed E-state index contributed by atoms with van der Waals surface area (Å²) in [5, 5.41) is 55.7. The summed E-state index contributed by atoms with van der Waals surface area (Å²) in [4.78, 5) is 48.2. The minimum absolute atomic E-state index is 0.0650. The van der Waals surface area contributed by atoms with E-state index in [1.807, 2.05) is 0 Å². The second kappa shape index (κ2) is 14.6. The van der Waals surface area contributed by atoms with Crippen molar-refractivity contribution >= 4 is 26.0 Å². The fraction of sp³-hybridized carbons (Fsp3) is 0.471. The zero-order valence-electron chi connectivity index (χ0n) is 17.0. The van der Waals surface area contributed by atoms with E-state index in [-0.39, 0.29) is 18.5 Å². The van der Waals surface area contributed by atoms with Crippen LogP contribution in [-0.2, 0) is 29.9 Å². The van der Waals surface area contributed by atoms with E-state index in [2.05, 4.69) is 9.84 Å². The van der Waals surface area contributed by atoms with Crippen molar-refractivity contribution in [3.8, 4) is 5.75 Å². The van der Waals surface area contributed by atoms with Gasteiger partial charge in [-0.05, 0) is 24.1 Å². The standard InChI is InChI=1S/C11H14N2O4.C6H13O9P/c12-9(11(17)13-6-10(15)16)5-7-1-3-8(14)4-2-7;7-1-3(8)5(10)6(11)4(9)2-15-16(12,13)14/h1-4,9,14H,5-6,12H2,(H,13,17)(H,15,16);1,3-6,8-11H,2H2,(H2,12,13,14). The SMILES string of the molecule is NC(Cc1ccc(O)cc1)C(=O)NCC(=O)O.O=CC(O)C(O)C(O)C(O)COP(=O)(O)O. The van der Waals surface area contributed by atoms with Crippen LogP contribution in [0, 0.1) is 0 Å². The van der Waals surface area contributed by atoms with Gasteiger partial charge in [-0.15, -0.1) is 0 Å². The number of hydrogen-bond donors (Lipinski definition) is 10. The van der Waals surface area contributed by atoms with E-state index < -0.39 is 63.3 Å². The maximum Gasteiger partial charge on any atom is 0.469 e. The van der Waals surface area contributed by atoms with Crippen LogP contribution >= 0.6 is 7.82 Å². The summed E-state index contributed by atoms with van der Waals surface area (Å²) in [5.41, 5.74) is 6.40. The van der Waals surface area contributed by atoms with Gasteiger partial charge in [-0.2, -0.15) is 0 Å². The number of nitrogens with one attached hydrogen (secondary N) is 1. The monoisotopic (exact) mass is 498 g/mol. The van der Waals surface area contributed by atoms with Gasteiger partial charge in [0.15, 0.2) is 6.29 Å². The lowest BCUT2D eigenvalue weighted by atomic mass is 10.0. The number of phenols is 1. The summed E-state index contributed by atoms with van der Waals surface area (Å²) in [5.74, 6) is -1.49. The Bertz CT molecular complexity index is 801. The molecule has 16 heteroatoms. The molecule has 5 atom stereocenters. The molecule has 15 nitrogen and oxygen atoms in total. The Labute approximate surface area is 187 Å². The summed E-state index contributed by atoms with van der Waals surface area (Å²) in [6.07, 6.45) is -7.52. The molecule has 0 fully saturated rings. The Morgan fingerprint density at radius 2 is 1.64 bits per heavy atom. The number of phosphoric ester groups is 1. The van der Waals surface area contributed by atoms with Crippen molar-refractivity contribution in [1.82, 2.24) is 5.32 Å². The fourth-order valence-electron chi connectivity index (χ4n) is 2.05. The highest BCUT2D eigenvalue weighted by Gasteiger charge is 2.31. The lowest BCUT2D eigenvalue weighted by Crippen LogP contribution is -2.46. The van der Waals surface area contributed by atoms with Crippen molar-refractivity contribution in [1.29, 1.82) is 0 Å². The number of hydrogen-bond acceptors (Lipinski definition) is 11. The van der Waals surface area contributed by atoms with Crippen LogP contribution in [0.3, 0.4) is 0 Å². The summed E-state index contributed by atoms with van der Waals surface area (Å²) < 4.78 is 14.1. The predicted octanol–water partition coefficient (Wildman–Crippen LogP) is -3.80. The third kappa shape index (κ3) is 13.6. The van der Waals surface area contributed by atoms with Crippen LogP contribution in [0.15, 0.2) is 24.3 Å². The van der Waals surface area contributed by atoms with Gasteiger partial charge < -0.3 is 56.3 Å². The van der Waals surface area contributed by atoms with Gasteiger partial charge in [-0.25, -0.2) is 4.57 Å². The van der Waals surface area contributed by atoms with Crippen LogP contribution in [0.4, 0.5) is 0 Å². The molecule has 0 radical (unpaired) electrons. The van der Waals surface area contributed by atoms with Gasteiger partial charge in [0.2, 0.25) is 5.91 Å². The first-order valence-corrected chi connectivity index (χ1v) is 10.6. The molecule has 1 aromatic carbocycles. The van der Waals surface area contributed by atoms with Crippen LogP contribution in [0.5, 0.6) is 5.75 Å². The molecule has 0 aromatic heterocycles. The minimum atomic E-state index is -4.80. The molecule has 0 heterocycles. The Hall–Kier alpha value is -2.46. The molecule has 0 bridgehead atoms. The van der Waals surface area contributed by atoms with Crippen LogP contribution < -0.4 is 11.1 Å². The molecule has 5 unspecified atom stereocenters. The number of aliphatic hydroxyl groups excluding tert-OH is 4. The van der Waals surface area contributed by atoms with Gasteiger partial charge in [0, 0.05) is 0 Å². The molecule has 1 aromatic rings. The number of aliphatic carboxylic acids is 1. The molecule has 0 spiro atoms. The maximum atomic E-state index is 11.4. The van der Waals surface area contributed by atoms with Crippen molar-refractivity contribution in [2.24, 2.45) is 5.73 Å². The van der Waals surface area contributed by atoms with Crippen molar-refractivity contribution in [3.63, 3.8) is 0 Å². The van der Waals surface area contributed by atoms with Gasteiger partial charge >= 0.3 is 13.8 Å². The number of benzene rings is 1. The maximum absolute atomic E-state index is 11.4. The molecule has 0 saturated heterocycles. The summed E-state index contributed by atoms with van der Waals surface area (Å²) in [7, 11) is -4.80. The highest BCUT2D eigenvalue weighted by Crippen LogP contribution is 2.35. The normalized spacial score (nSPS) is 15.7. The van der Waals surface area contributed by atoms with E-state index in [0.717, 1.165) is 5.56 Å². The lowest BCUT2D eigenvalue weighted by Gasteiger charge is -2.23. The number of carbonyl (C=O) groups is 3. The first kappa shape index (κ1) is 30.5. The predicted molar refractivity (Wildman–Crippen MR) is 109 cm³/mol. The average molecular weight is 498 g/mol. The number of aliphatic hydroxyl groups is 4. The molecular formula is C17H27N2O13P. The van der Waals surface area contributed by atoms with Crippen molar-refractivity contribution in [2.75, 3.05) is 13.2 Å². The molecule has 188 valence electrons. The summed E-state index contributed by atoms with van der Waals surface area (Å²) >= 11 is 0.